The molecule has 3 nitrogen and oxygen atoms in total. The van der Waals surface area contributed by atoms with E-state index in [0.29, 0.717) is 12.1 Å². The fraction of sp³-hybridized carbons (Fsp3) is 0.200. The average Bonchev–Trinajstić information content (AvgIpc) is 3.27. The molecule has 0 bridgehead atoms. The fourth-order valence-corrected chi connectivity index (χ4v) is 3.85. The van der Waals surface area contributed by atoms with Crippen molar-refractivity contribution in [3.05, 3.63) is 71.2 Å². The van der Waals surface area contributed by atoms with E-state index in [1.165, 1.54) is 23.5 Å². The van der Waals surface area contributed by atoms with Crippen molar-refractivity contribution in [1.29, 1.82) is 0 Å². The molecular formula is C20H15F3N2OS. The summed E-state index contributed by atoms with van der Waals surface area (Å²) in [5.74, 6) is -1.08. The van der Waals surface area contributed by atoms with E-state index in [4.69, 9.17) is 0 Å². The molecule has 1 heterocycles. The maximum absolute atomic E-state index is 13.2. The van der Waals surface area contributed by atoms with E-state index in [0.717, 1.165) is 16.6 Å². The minimum absolute atomic E-state index is 0.198. The maximum Gasteiger partial charge on any atom is 0.416 e. The number of thiazole rings is 1. The Morgan fingerprint density at radius 3 is 2.52 bits per heavy atom. The average molecular weight is 388 g/mol. The largest absolute Gasteiger partial charge is 0.416 e. The molecule has 1 aliphatic carbocycles. The molecule has 1 aliphatic rings. The van der Waals surface area contributed by atoms with Gasteiger partial charge < -0.3 is 5.32 Å². The zero-order valence-electron chi connectivity index (χ0n) is 14.0. The molecule has 0 radical (unpaired) electrons. The van der Waals surface area contributed by atoms with Crippen LogP contribution in [0, 0.1) is 5.92 Å². The highest BCUT2D eigenvalue weighted by molar-refractivity contribution is 7.13. The number of carbonyl (C=O) groups is 1. The molecule has 1 aromatic heterocycles. The van der Waals surface area contributed by atoms with Crippen molar-refractivity contribution in [3.63, 3.8) is 0 Å². The van der Waals surface area contributed by atoms with E-state index < -0.39 is 23.6 Å². The van der Waals surface area contributed by atoms with Crippen LogP contribution in [0.5, 0.6) is 0 Å². The fourth-order valence-electron chi connectivity index (χ4n) is 3.20. The molecule has 0 spiro atoms. The van der Waals surface area contributed by atoms with E-state index >= 15 is 0 Å². The van der Waals surface area contributed by atoms with Gasteiger partial charge in [-0.3, -0.25) is 4.79 Å². The number of aromatic nitrogens is 1. The Bertz CT molecular complexity index is 952. The van der Waals surface area contributed by atoms with Gasteiger partial charge in [0.05, 0.1) is 5.56 Å². The third-order valence-corrected chi connectivity index (χ3v) is 5.45. The van der Waals surface area contributed by atoms with Crippen LogP contribution in [0.15, 0.2) is 60.1 Å². The highest BCUT2D eigenvalue weighted by atomic mass is 32.1. The summed E-state index contributed by atoms with van der Waals surface area (Å²) in [4.78, 5) is 16.7. The molecule has 2 aromatic carbocycles. The predicted octanol–water partition coefficient (Wildman–Crippen LogP) is 5.57. The highest BCUT2D eigenvalue weighted by Gasteiger charge is 2.47. The maximum atomic E-state index is 13.2. The highest BCUT2D eigenvalue weighted by Crippen LogP contribution is 2.51. The topological polar surface area (TPSA) is 42.0 Å². The van der Waals surface area contributed by atoms with Crippen LogP contribution in [-0.4, -0.2) is 10.9 Å². The quantitative estimate of drug-likeness (QED) is 0.635. The van der Waals surface area contributed by atoms with E-state index in [-0.39, 0.29) is 11.5 Å². The molecule has 2 atom stereocenters. The van der Waals surface area contributed by atoms with Gasteiger partial charge in [0.15, 0.2) is 0 Å². The van der Waals surface area contributed by atoms with Gasteiger partial charge in [0, 0.05) is 28.7 Å². The van der Waals surface area contributed by atoms with E-state index in [2.05, 4.69) is 10.3 Å². The van der Waals surface area contributed by atoms with Crippen LogP contribution in [0.3, 0.4) is 0 Å². The van der Waals surface area contributed by atoms with Crippen LogP contribution in [-0.2, 0) is 11.0 Å². The number of anilines is 1. The molecule has 7 heteroatoms. The Morgan fingerprint density at radius 2 is 1.85 bits per heavy atom. The second kappa shape index (κ2) is 6.81. The lowest BCUT2D eigenvalue weighted by Crippen LogP contribution is -2.15. The molecule has 3 aromatic rings. The predicted molar refractivity (Wildman–Crippen MR) is 98.5 cm³/mol. The number of alkyl halides is 3. The number of nitrogens with zero attached hydrogens (tertiary/aromatic N) is 1. The van der Waals surface area contributed by atoms with Crippen molar-refractivity contribution in [1.82, 2.24) is 4.98 Å². The Hall–Kier alpha value is -2.67. The van der Waals surface area contributed by atoms with Crippen LogP contribution in [0.25, 0.3) is 10.6 Å². The monoisotopic (exact) mass is 388 g/mol. The summed E-state index contributed by atoms with van der Waals surface area (Å²) in [6.45, 7) is 0. The molecule has 138 valence electrons. The Balaban J connectivity index is 1.44. The van der Waals surface area contributed by atoms with Gasteiger partial charge in [-0.05, 0) is 48.2 Å². The molecule has 1 saturated carbocycles. The lowest BCUT2D eigenvalue weighted by atomic mass is 10.0. The van der Waals surface area contributed by atoms with Crippen LogP contribution in [0.4, 0.5) is 18.9 Å². The standard InChI is InChI=1S/C20H15F3N2OS/c21-20(22,23)17-4-2-1-3-14(17)15-11-16(15)18(26)25-13-7-5-12(6-8-13)19-24-9-10-27-19/h1-10,15-16H,11H2,(H,25,26). The number of amides is 1. The molecule has 0 aliphatic heterocycles. The van der Waals surface area contributed by atoms with Crippen LogP contribution < -0.4 is 5.32 Å². The first-order chi connectivity index (χ1) is 12.9. The van der Waals surface area contributed by atoms with Crippen molar-refractivity contribution in [2.24, 2.45) is 5.92 Å². The van der Waals surface area contributed by atoms with Gasteiger partial charge in [-0.25, -0.2) is 4.98 Å². The third-order valence-electron chi connectivity index (χ3n) is 4.62. The van der Waals surface area contributed by atoms with Gasteiger partial charge in [-0.15, -0.1) is 11.3 Å². The molecular weight excluding hydrogens is 373 g/mol. The first-order valence-corrected chi connectivity index (χ1v) is 9.28. The van der Waals surface area contributed by atoms with Crippen LogP contribution in [0.2, 0.25) is 0 Å². The van der Waals surface area contributed by atoms with Gasteiger partial charge in [-0.2, -0.15) is 13.2 Å². The number of hydrogen-bond acceptors (Lipinski definition) is 3. The second-order valence-electron chi connectivity index (χ2n) is 6.44. The summed E-state index contributed by atoms with van der Waals surface area (Å²) in [5, 5.41) is 5.57. The van der Waals surface area contributed by atoms with E-state index in [1.807, 2.05) is 17.5 Å². The summed E-state index contributed by atoms with van der Waals surface area (Å²) in [5.41, 5.74) is 1.11. The number of rotatable bonds is 4. The third kappa shape index (κ3) is 3.73. The van der Waals surface area contributed by atoms with Crippen LogP contribution in [0.1, 0.15) is 23.5 Å². The summed E-state index contributed by atoms with van der Waals surface area (Å²) >= 11 is 1.52. The summed E-state index contributed by atoms with van der Waals surface area (Å²) < 4.78 is 39.5. The Morgan fingerprint density at radius 1 is 1.11 bits per heavy atom. The van der Waals surface area contributed by atoms with Gasteiger partial charge in [0.2, 0.25) is 5.91 Å². The van der Waals surface area contributed by atoms with Crippen molar-refractivity contribution >= 4 is 22.9 Å². The minimum atomic E-state index is -4.41. The zero-order chi connectivity index (χ0) is 19.0. The normalized spacial score (nSPS) is 18.9. The van der Waals surface area contributed by atoms with E-state index in [1.54, 1.807) is 24.4 Å². The van der Waals surface area contributed by atoms with Gasteiger partial charge >= 0.3 is 6.18 Å². The second-order valence-corrected chi connectivity index (χ2v) is 7.33. The summed E-state index contributed by atoms with van der Waals surface area (Å²) in [6, 6.07) is 12.7. The van der Waals surface area contributed by atoms with Crippen molar-refractivity contribution in [2.45, 2.75) is 18.5 Å². The van der Waals surface area contributed by atoms with Gasteiger partial charge in [-0.1, -0.05) is 18.2 Å². The van der Waals surface area contributed by atoms with Crippen LogP contribution >= 0.6 is 11.3 Å². The molecule has 1 amide bonds. The van der Waals surface area contributed by atoms with Crippen molar-refractivity contribution in [3.8, 4) is 10.6 Å². The van der Waals surface area contributed by atoms with E-state index in [9.17, 15) is 18.0 Å². The molecule has 1 fully saturated rings. The van der Waals surface area contributed by atoms with Gasteiger partial charge in [0.25, 0.3) is 0 Å². The number of nitrogens with one attached hydrogen (secondary N) is 1. The SMILES string of the molecule is O=C(Nc1ccc(-c2nccs2)cc1)C1CC1c1ccccc1C(F)(F)F. The van der Waals surface area contributed by atoms with Crippen molar-refractivity contribution in [2.75, 3.05) is 5.32 Å². The molecule has 0 saturated heterocycles. The molecule has 2 unspecified atom stereocenters. The first-order valence-electron chi connectivity index (χ1n) is 8.40. The smallest absolute Gasteiger partial charge is 0.326 e. The lowest BCUT2D eigenvalue weighted by Gasteiger charge is -2.12. The minimum Gasteiger partial charge on any atom is -0.326 e. The number of halogens is 3. The summed E-state index contributed by atoms with van der Waals surface area (Å²) in [6.07, 6.45) is -2.26. The van der Waals surface area contributed by atoms with Crippen molar-refractivity contribution < 1.29 is 18.0 Å². The zero-order valence-corrected chi connectivity index (χ0v) is 14.8. The lowest BCUT2D eigenvalue weighted by molar-refractivity contribution is -0.138. The first kappa shape index (κ1) is 17.7. The molecule has 27 heavy (non-hydrogen) atoms. The Labute approximate surface area is 157 Å². The number of hydrogen-bond donors (Lipinski definition) is 1. The molecule has 4 rings (SSSR count). The number of benzene rings is 2. The number of carbonyl (C=O) groups excluding carboxylic acids is 1. The Kier molecular flexibility index (Phi) is 4.47. The molecule has 1 N–H and O–H groups in total. The summed E-state index contributed by atoms with van der Waals surface area (Å²) in [7, 11) is 0. The van der Waals surface area contributed by atoms with Gasteiger partial charge in [0.1, 0.15) is 5.01 Å².